The maximum Gasteiger partial charge on any atom is 0.140 e. The van der Waals surface area contributed by atoms with Gasteiger partial charge < -0.3 is 15.2 Å². The number of hydrogen-bond donors (Lipinski definition) is 2. The number of phenols is 1. The van der Waals surface area contributed by atoms with Gasteiger partial charge in [-0.3, -0.25) is 0 Å². The predicted octanol–water partition coefficient (Wildman–Crippen LogP) is 4.98. The van der Waals surface area contributed by atoms with E-state index in [0.717, 1.165) is 6.42 Å². The highest BCUT2D eigenvalue weighted by atomic mass is 35.5. The van der Waals surface area contributed by atoms with Gasteiger partial charge in [0.1, 0.15) is 28.0 Å². The number of ether oxygens (including phenoxy) is 1. The molecular formula is C18H24Cl2N2O2. The lowest BCUT2D eigenvalue weighted by atomic mass is 10.0. The minimum absolute atomic E-state index is 0.0792. The van der Waals surface area contributed by atoms with Gasteiger partial charge in [0.05, 0.1) is 12.2 Å². The van der Waals surface area contributed by atoms with Crippen LogP contribution in [0.2, 0.25) is 0 Å². The Morgan fingerprint density at radius 1 is 1.38 bits per heavy atom. The zero-order valence-electron chi connectivity index (χ0n) is 14.1. The van der Waals surface area contributed by atoms with Gasteiger partial charge in [-0.2, -0.15) is 0 Å². The van der Waals surface area contributed by atoms with Crippen molar-refractivity contribution in [3.8, 4) is 11.5 Å². The van der Waals surface area contributed by atoms with Crippen LogP contribution in [0, 0.1) is 5.92 Å². The van der Waals surface area contributed by atoms with Crippen LogP contribution in [0.1, 0.15) is 45.1 Å². The highest BCUT2D eigenvalue weighted by Crippen LogP contribution is 2.27. The Balaban J connectivity index is 2.03. The third-order valence-electron chi connectivity index (χ3n) is 4.03. The summed E-state index contributed by atoms with van der Waals surface area (Å²) in [5, 5.41) is 13.5. The largest absolute Gasteiger partial charge is 0.507 e. The van der Waals surface area contributed by atoms with E-state index < -0.39 is 5.50 Å². The molecule has 0 bridgehead atoms. The molecule has 2 unspecified atom stereocenters. The van der Waals surface area contributed by atoms with Gasteiger partial charge >= 0.3 is 0 Å². The Hall–Kier alpha value is -1.39. The van der Waals surface area contributed by atoms with E-state index in [9.17, 15) is 5.11 Å². The average molecular weight is 371 g/mol. The van der Waals surface area contributed by atoms with Crippen LogP contribution in [0.15, 0.2) is 34.4 Å². The van der Waals surface area contributed by atoms with Crippen LogP contribution in [-0.2, 0) is 0 Å². The number of phenolic OH excluding ortho intramolecular Hbond substituents is 1. The third-order valence-corrected chi connectivity index (χ3v) is 4.48. The normalized spacial score (nSPS) is 18.4. The number of unbranched alkanes of at least 4 members (excludes halogenated alkanes) is 1. The molecule has 1 aromatic rings. The molecule has 0 spiro atoms. The lowest BCUT2D eigenvalue weighted by Crippen LogP contribution is -2.32. The van der Waals surface area contributed by atoms with Gasteiger partial charge in [-0.15, -0.1) is 0 Å². The molecule has 0 aliphatic carbocycles. The molecule has 1 aliphatic rings. The Morgan fingerprint density at radius 2 is 2.17 bits per heavy atom. The molecule has 6 heteroatoms. The van der Waals surface area contributed by atoms with Gasteiger partial charge in [-0.05, 0) is 30.5 Å². The number of nitrogens with zero attached hydrogens (tertiary/aromatic N) is 1. The fourth-order valence-electron chi connectivity index (χ4n) is 2.52. The maximum absolute atomic E-state index is 10.3. The highest BCUT2D eigenvalue weighted by molar-refractivity contribution is 6.32. The minimum Gasteiger partial charge on any atom is -0.507 e. The van der Waals surface area contributed by atoms with Gasteiger partial charge in [-0.25, -0.2) is 4.99 Å². The van der Waals surface area contributed by atoms with Crippen LogP contribution in [0.5, 0.6) is 11.5 Å². The molecule has 0 amide bonds. The van der Waals surface area contributed by atoms with E-state index in [2.05, 4.69) is 24.2 Å². The van der Waals surface area contributed by atoms with Crippen LogP contribution in [-0.4, -0.2) is 23.1 Å². The fourth-order valence-corrected chi connectivity index (χ4v) is 3.02. The average Bonchev–Trinajstić information content (AvgIpc) is 2.54. The van der Waals surface area contributed by atoms with Crippen molar-refractivity contribution in [1.29, 1.82) is 0 Å². The molecule has 4 nitrogen and oxygen atoms in total. The van der Waals surface area contributed by atoms with Crippen molar-refractivity contribution in [1.82, 2.24) is 5.32 Å². The summed E-state index contributed by atoms with van der Waals surface area (Å²) in [6, 6.07) is 5.17. The Kier molecular flexibility index (Phi) is 7.25. The number of rotatable bonds is 8. The van der Waals surface area contributed by atoms with Crippen LogP contribution in [0.4, 0.5) is 0 Å². The first kappa shape index (κ1) is 18.9. The first-order valence-electron chi connectivity index (χ1n) is 8.36. The molecule has 0 saturated carbocycles. The molecule has 0 aromatic heterocycles. The summed E-state index contributed by atoms with van der Waals surface area (Å²) in [4.78, 5) is 4.16. The summed E-state index contributed by atoms with van der Waals surface area (Å²) in [6.07, 6.45) is 6.25. The molecule has 2 N–H and O–H groups in total. The number of aliphatic imine (C=N–C) groups is 1. The first-order valence-corrected chi connectivity index (χ1v) is 9.17. The van der Waals surface area contributed by atoms with E-state index in [-0.39, 0.29) is 5.75 Å². The number of nitrogens with one attached hydrogen (secondary N) is 1. The van der Waals surface area contributed by atoms with E-state index in [1.165, 1.54) is 19.3 Å². The van der Waals surface area contributed by atoms with Gasteiger partial charge in [0, 0.05) is 6.07 Å². The van der Waals surface area contributed by atoms with Gasteiger partial charge in [0.25, 0.3) is 0 Å². The topological polar surface area (TPSA) is 53.8 Å². The molecule has 1 aliphatic heterocycles. The first-order chi connectivity index (χ1) is 11.5. The summed E-state index contributed by atoms with van der Waals surface area (Å²) in [7, 11) is 0. The second kappa shape index (κ2) is 9.19. The van der Waals surface area contributed by atoms with E-state index in [1.807, 2.05) is 6.07 Å². The maximum atomic E-state index is 10.3. The Bertz CT molecular complexity index is 617. The molecule has 2 rings (SSSR count). The van der Waals surface area contributed by atoms with Crippen LogP contribution in [0.25, 0.3) is 0 Å². The zero-order valence-corrected chi connectivity index (χ0v) is 15.6. The van der Waals surface area contributed by atoms with E-state index in [1.54, 1.807) is 18.2 Å². The standard InChI is InChI=1S/C18H24Cl2N2O2/c1-3-5-6-12(4-2)11-24-13-7-8-14(15(23)9-13)18-21-16(19)10-17(20)22-18/h7-10,12,16,23H,3-6,11H2,1-2H3,(H,21,22). The fraction of sp³-hybridized carbons (Fsp3) is 0.500. The monoisotopic (exact) mass is 370 g/mol. The SMILES string of the molecule is CCCCC(CC)COc1ccc(C2=NC(Cl)=CC(Cl)N2)c(O)c1. The Morgan fingerprint density at radius 3 is 2.79 bits per heavy atom. The number of aromatic hydroxyl groups is 1. The number of benzene rings is 1. The third kappa shape index (κ3) is 5.32. The van der Waals surface area contributed by atoms with Crippen molar-refractivity contribution < 1.29 is 9.84 Å². The lowest BCUT2D eigenvalue weighted by Gasteiger charge is -2.19. The number of hydrogen-bond acceptors (Lipinski definition) is 4. The Labute approximate surface area is 153 Å². The van der Waals surface area contributed by atoms with E-state index in [4.69, 9.17) is 27.9 Å². The van der Waals surface area contributed by atoms with Crippen LogP contribution in [0.3, 0.4) is 0 Å². The lowest BCUT2D eigenvalue weighted by molar-refractivity contribution is 0.232. The van der Waals surface area contributed by atoms with Crippen molar-refractivity contribution in [3.63, 3.8) is 0 Å². The second-order valence-corrected chi connectivity index (χ2v) is 6.76. The van der Waals surface area contributed by atoms with Crippen molar-refractivity contribution in [3.05, 3.63) is 35.0 Å². The zero-order chi connectivity index (χ0) is 17.5. The van der Waals surface area contributed by atoms with E-state index >= 15 is 0 Å². The summed E-state index contributed by atoms with van der Waals surface area (Å²) >= 11 is 11.9. The molecule has 24 heavy (non-hydrogen) atoms. The van der Waals surface area contributed by atoms with Gasteiger partial charge in [-0.1, -0.05) is 56.3 Å². The molecular weight excluding hydrogens is 347 g/mol. The van der Waals surface area contributed by atoms with Crippen molar-refractivity contribution >= 4 is 29.0 Å². The smallest absolute Gasteiger partial charge is 0.140 e. The molecule has 0 radical (unpaired) electrons. The van der Waals surface area contributed by atoms with Gasteiger partial charge in [0.15, 0.2) is 0 Å². The van der Waals surface area contributed by atoms with E-state index in [0.29, 0.717) is 34.8 Å². The highest BCUT2D eigenvalue weighted by Gasteiger charge is 2.17. The minimum atomic E-state index is -0.454. The molecule has 0 saturated heterocycles. The number of alkyl halides is 1. The van der Waals surface area contributed by atoms with Crippen LogP contribution < -0.4 is 10.1 Å². The number of amidine groups is 1. The second-order valence-electron chi connectivity index (χ2n) is 5.90. The summed E-state index contributed by atoms with van der Waals surface area (Å²) in [6.45, 7) is 5.03. The predicted molar refractivity (Wildman–Crippen MR) is 100 cm³/mol. The molecule has 1 heterocycles. The van der Waals surface area contributed by atoms with Crippen molar-refractivity contribution in [2.24, 2.45) is 10.9 Å². The summed E-state index contributed by atoms with van der Waals surface area (Å²) < 4.78 is 5.84. The molecule has 132 valence electrons. The quantitative estimate of drug-likeness (QED) is 0.500. The number of halogens is 2. The van der Waals surface area contributed by atoms with Crippen LogP contribution >= 0.6 is 23.2 Å². The molecule has 1 aromatic carbocycles. The van der Waals surface area contributed by atoms with Gasteiger partial charge in [0.2, 0.25) is 0 Å². The van der Waals surface area contributed by atoms with Crippen molar-refractivity contribution in [2.75, 3.05) is 6.61 Å². The molecule has 0 fully saturated rings. The molecule has 2 atom stereocenters. The summed E-state index contributed by atoms with van der Waals surface area (Å²) in [5.74, 6) is 1.71. The summed E-state index contributed by atoms with van der Waals surface area (Å²) in [5.41, 5.74) is 0.0847. The van der Waals surface area contributed by atoms with Crippen molar-refractivity contribution in [2.45, 2.75) is 45.0 Å².